The molecule has 0 saturated heterocycles. The number of benzene rings is 1. The lowest BCUT2D eigenvalue weighted by atomic mass is 10.3. The number of hydrogen-bond donors (Lipinski definition) is 0. The van der Waals surface area contributed by atoms with Crippen LogP contribution in [-0.4, -0.2) is 13.6 Å². The van der Waals surface area contributed by atoms with Crippen molar-refractivity contribution in [2.75, 3.05) is 0 Å². The third kappa shape index (κ3) is 2.74. The van der Waals surface area contributed by atoms with Gasteiger partial charge in [0.25, 0.3) is 0 Å². The number of hydrogen-bond acceptors (Lipinski definition) is 4. The van der Waals surface area contributed by atoms with E-state index in [9.17, 15) is 8.42 Å². The predicted molar refractivity (Wildman–Crippen MR) is 73.5 cm³/mol. The highest BCUT2D eigenvalue weighted by Gasteiger charge is 2.28. The fraction of sp³-hybridized carbons (Fsp3) is 0.308. The van der Waals surface area contributed by atoms with E-state index >= 15 is 0 Å². The van der Waals surface area contributed by atoms with E-state index in [-0.39, 0.29) is 10.6 Å². The molecule has 0 unspecified atom stereocenters. The Hall–Kier alpha value is -1.14. The van der Waals surface area contributed by atoms with Crippen molar-refractivity contribution in [3.63, 3.8) is 0 Å². The van der Waals surface area contributed by atoms with Crippen molar-refractivity contribution >= 4 is 25.8 Å². The molecule has 19 heavy (non-hydrogen) atoms. The van der Waals surface area contributed by atoms with E-state index in [1.54, 1.807) is 30.3 Å². The lowest BCUT2D eigenvalue weighted by molar-refractivity contribution is 0.386. The maximum atomic E-state index is 12.3. The number of halogens is 1. The Labute approximate surface area is 119 Å². The third-order valence-corrected chi connectivity index (χ3v) is 5.72. The van der Waals surface area contributed by atoms with Crippen LogP contribution in [0.4, 0.5) is 0 Å². The lowest BCUT2D eigenvalue weighted by Crippen LogP contribution is -2.05. The largest absolute Gasteiger partial charge is 0.360 e. The van der Waals surface area contributed by atoms with E-state index in [0.717, 1.165) is 18.5 Å². The molecule has 100 valence electrons. The molecule has 1 aliphatic rings. The van der Waals surface area contributed by atoms with Crippen molar-refractivity contribution in [3.05, 3.63) is 46.3 Å². The molecule has 3 rings (SSSR count). The van der Waals surface area contributed by atoms with Crippen LogP contribution in [0.15, 0.2) is 44.2 Å². The van der Waals surface area contributed by atoms with Crippen molar-refractivity contribution in [1.29, 1.82) is 0 Å². The molecule has 4 nitrogen and oxygen atoms in total. The molecular weight excluding hydrogens is 330 g/mol. The van der Waals surface area contributed by atoms with Gasteiger partial charge in [0.05, 0.1) is 10.6 Å². The Morgan fingerprint density at radius 2 is 2.05 bits per heavy atom. The monoisotopic (exact) mass is 341 g/mol. The van der Waals surface area contributed by atoms with E-state index in [4.69, 9.17) is 4.52 Å². The van der Waals surface area contributed by atoms with Gasteiger partial charge in [-0.15, -0.1) is 0 Å². The molecule has 6 heteroatoms. The van der Waals surface area contributed by atoms with Gasteiger partial charge in [0.1, 0.15) is 5.75 Å². The van der Waals surface area contributed by atoms with E-state index in [1.165, 1.54) is 0 Å². The number of sulfone groups is 1. The summed E-state index contributed by atoms with van der Waals surface area (Å²) in [5.74, 6) is 0.705. The summed E-state index contributed by atoms with van der Waals surface area (Å²) in [5, 5.41) is 3.93. The quantitative estimate of drug-likeness (QED) is 0.855. The predicted octanol–water partition coefficient (Wildman–Crippen LogP) is 3.29. The highest BCUT2D eigenvalue weighted by molar-refractivity contribution is 9.10. The van der Waals surface area contributed by atoms with E-state index < -0.39 is 9.84 Å². The summed E-state index contributed by atoms with van der Waals surface area (Å²) < 4.78 is 30.3. The SMILES string of the molecule is O=S(=O)(Cc1cc(C2CC2)no1)c1ccccc1Br. The van der Waals surface area contributed by atoms with Crippen LogP contribution in [0, 0.1) is 0 Å². The zero-order valence-electron chi connectivity index (χ0n) is 10.0. The van der Waals surface area contributed by atoms with Gasteiger partial charge >= 0.3 is 0 Å². The number of rotatable bonds is 4. The third-order valence-electron chi connectivity index (χ3n) is 3.08. The molecule has 0 N–H and O–H groups in total. The maximum absolute atomic E-state index is 12.3. The smallest absolute Gasteiger partial charge is 0.186 e. The van der Waals surface area contributed by atoms with Gasteiger partial charge in [-0.3, -0.25) is 0 Å². The maximum Gasteiger partial charge on any atom is 0.186 e. The summed E-state index contributed by atoms with van der Waals surface area (Å²) in [7, 11) is -3.42. The highest BCUT2D eigenvalue weighted by Crippen LogP contribution is 2.39. The summed E-state index contributed by atoms with van der Waals surface area (Å²) in [6, 6.07) is 8.53. The first kappa shape index (κ1) is 12.9. The van der Waals surface area contributed by atoms with Gasteiger partial charge in [-0.25, -0.2) is 8.42 Å². The first-order chi connectivity index (χ1) is 9.06. The van der Waals surface area contributed by atoms with E-state index in [0.29, 0.717) is 16.2 Å². The second-order valence-corrected chi connectivity index (χ2v) is 7.49. The number of aromatic nitrogens is 1. The Bertz CT molecular complexity index is 704. The molecule has 1 aliphatic carbocycles. The van der Waals surface area contributed by atoms with Crippen molar-refractivity contribution in [2.45, 2.75) is 29.4 Å². The molecule has 1 heterocycles. The Morgan fingerprint density at radius 3 is 2.74 bits per heavy atom. The Morgan fingerprint density at radius 1 is 1.32 bits per heavy atom. The summed E-state index contributed by atoms with van der Waals surface area (Å²) in [6.45, 7) is 0. The van der Waals surface area contributed by atoms with Crippen LogP contribution in [0.1, 0.15) is 30.2 Å². The summed E-state index contributed by atoms with van der Waals surface area (Å²) in [4.78, 5) is 0.277. The van der Waals surface area contributed by atoms with Gasteiger partial charge < -0.3 is 4.52 Å². The molecule has 0 amide bonds. The summed E-state index contributed by atoms with van der Waals surface area (Å²) >= 11 is 3.26. The molecule has 0 spiro atoms. The van der Waals surface area contributed by atoms with Crippen LogP contribution in [-0.2, 0) is 15.6 Å². The molecular formula is C13H12BrNO3S. The van der Waals surface area contributed by atoms with Crippen molar-refractivity contribution in [3.8, 4) is 0 Å². The van der Waals surface area contributed by atoms with Gasteiger partial charge in [0.15, 0.2) is 15.6 Å². The standard InChI is InChI=1S/C13H12BrNO3S/c14-11-3-1-2-4-13(11)19(16,17)8-10-7-12(15-18-10)9-5-6-9/h1-4,7,9H,5-6,8H2. The van der Waals surface area contributed by atoms with Gasteiger partial charge in [0.2, 0.25) is 0 Å². The fourth-order valence-electron chi connectivity index (χ4n) is 1.93. The molecule has 0 bridgehead atoms. The molecule has 0 aliphatic heterocycles. The van der Waals surface area contributed by atoms with Crippen LogP contribution < -0.4 is 0 Å². The van der Waals surface area contributed by atoms with Crippen LogP contribution in [0.5, 0.6) is 0 Å². The molecule has 1 fully saturated rings. The average Bonchev–Trinajstić information content (AvgIpc) is 3.11. The van der Waals surface area contributed by atoms with Gasteiger partial charge in [-0.05, 0) is 40.9 Å². The minimum absolute atomic E-state index is 0.157. The molecule has 1 saturated carbocycles. The minimum atomic E-state index is -3.42. The second kappa shape index (κ2) is 4.76. The summed E-state index contributed by atoms with van der Waals surface area (Å²) in [6.07, 6.45) is 2.23. The normalized spacial score (nSPS) is 15.6. The first-order valence-corrected chi connectivity index (χ1v) is 8.43. The topological polar surface area (TPSA) is 60.2 Å². The molecule has 0 atom stereocenters. The molecule has 1 aromatic heterocycles. The van der Waals surface area contributed by atoms with Crippen LogP contribution in [0.3, 0.4) is 0 Å². The van der Waals surface area contributed by atoms with Gasteiger partial charge in [-0.1, -0.05) is 17.3 Å². The Balaban J connectivity index is 1.86. The van der Waals surface area contributed by atoms with Crippen LogP contribution in [0.25, 0.3) is 0 Å². The van der Waals surface area contributed by atoms with Gasteiger partial charge in [-0.2, -0.15) is 0 Å². The second-order valence-electron chi connectivity index (χ2n) is 4.68. The molecule has 2 aromatic rings. The van der Waals surface area contributed by atoms with Crippen molar-refractivity contribution in [1.82, 2.24) is 5.16 Å². The highest BCUT2D eigenvalue weighted by atomic mass is 79.9. The summed E-state index contributed by atoms with van der Waals surface area (Å²) in [5.41, 5.74) is 0.873. The van der Waals surface area contributed by atoms with Crippen LogP contribution in [0.2, 0.25) is 0 Å². The fourth-order valence-corrected chi connectivity index (χ4v) is 4.27. The zero-order chi connectivity index (χ0) is 13.5. The average molecular weight is 342 g/mol. The first-order valence-electron chi connectivity index (χ1n) is 5.99. The number of nitrogens with zero attached hydrogens (tertiary/aromatic N) is 1. The van der Waals surface area contributed by atoms with E-state index in [2.05, 4.69) is 21.1 Å². The lowest BCUT2D eigenvalue weighted by Gasteiger charge is -2.03. The van der Waals surface area contributed by atoms with Gasteiger partial charge in [0, 0.05) is 16.5 Å². The van der Waals surface area contributed by atoms with Crippen molar-refractivity contribution < 1.29 is 12.9 Å². The Kier molecular flexibility index (Phi) is 3.22. The zero-order valence-corrected chi connectivity index (χ0v) is 12.4. The van der Waals surface area contributed by atoms with Crippen LogP contribution >= 0.6 is 15.9 Å². The minimum Gasteiger partial charge on any atom is -0.360 e. The molecule has 1 aromatic carbocycles. The molecule has 0 radical (unpaired) electrons. The van der Waals surface area contributed by atoms with E-state index in [1.807, 2.05) is 0 Å². The van der Waals surface area contributed by atoms with Crippen molar-refractivity contribution in [2.24, 2.45) is 0 Å².